The van der Waals surface area contributed by atoms with Crippen LogP contribution in [0.1, 0.15) is 0 Å². The molecule has 6 heteroatoms. The van der Waals surface area contributed by atoms with Gasteiger partial charge in [0.25, 0.3) is 0 Å². The number of nitrogens with one attached hydrogen (secondary N) is 3. The summed E-state index contributed by atoms with van der Waals surface area (Å²) >= 11 is 1.73. The van der Waals surface area contributed by atoms with E-state index < -0.39 is 0 Å². The van der Waals surface area contributed by atoms with E-state index in [0.29, 0.717) is 0 Å². The number of rotatable bonds is 5. The average molecular weight is 353 g/mol. The number of ether oxygens (including phenoxy) is 2. The van der Waals surface area contributed by atoms with Crippen LogP contribution >= 0.6 is 11.8 Å². The van der Waals surface area contributed by atoms with Crippen LogP contribution in [0.5, 0.6) is 11.5 Å². The fourth-order valence-electron chi connectivity index (χ4n) is 3.07. The van der Waals surface area contributed by atoms with Crippen molar-refractivity contribution >= 4 is 34.0 Å². The minimum absolute atomic E-state index is 0.722. The summed E-state index contributed by atoms with van der Waals surface area (Å²) in [6.45, 7) is 0. The third kappa shape index (κ3) is 2.68. The van der Waals surface area contributed by atoms with Gasteiger partial charge in [-0.15, -0.1) is 11.8 Å². The van der Waals surface area contributed by atoms with Gasteiger partial charge in [-0.2, -0.15) is 0 Å². The monoisotopic (exact) mass is 353 g/mol. The minimum atomic E-state index is 0.722. The Hall–Kier alpha value is -2.73. The molecule has 1 aliphatic heterocycles. The molecule has 0 saturated heterocycles. The normalized spacial score (nSPS) is 11.2. The first-order valence-corrected chi connectivity index (χ1v) is 9.12. The predicted octanol–water partition coefficient (Wildman–Crippen LogP) is 5.08. The molecule has 0 bridgehead atoms. The lowest BCUT2D eigenvalue weighted by Crippen LogP contribution is -1.91. The summed E-state index contributed by atoms with van der Waals surface area (Å²) in [6.07, 6.45) is 2.07. The number of thioether (sulfide) groups is 1. The van der Waals surface area contributed by atoms with Crippen LogP contribution in [0.25, 0.3) is 22.0 Å². The Balaban J connectivity index is 1.76. The van der Waals surface area contributed by atoms with Crippen LogP contribution < -0.4 is 14.8 Å². The van der Waals surface area contributed by atoms with Gasteiger partial charge in [0, 0.05) is 21.5 Å². The van der Waals surface area contributed by atoms with Crippen LogP contribution in [0.4, 0.5) is 11.5 Å². The smallest absolute Gasteiger partial charge is 0.161 e. The maximum Gasteiger partial charge on any atom is 0.161 e. The molecular weight excluding hydrogens is 334 g/mol. The molecule has 5 nitrogen and oxygen atoms in total. The number of aromatic nitrogens is 2. The molecule has 0 amide bonds. The van der Waals surface area contributed by atoms with Gasteiger partial charge in [-0.3, -0.25) is 10.2 Å². The summed E-state index contributed by atoms with van der Waals surface area (Å²) in [5, 5.41) is 12.1. The van der Waals surface area contributed by atoms with Crippen molar-refractivity contribution in [3.05, 3.63) is 42.5 Å². The Morgan fingerprint density at radius 1 is 0.960 bits per heavy atom. The van der Waals surface area contributed by atoms with Crippen molar-refractivity contribution in [3.8, 4) is 22.8 Å². The maximum atomic E-state index is 5.42. The highest BCUT2D eigenvalue weighted by molar-refractivity contribution is 7.98. The van der Waals surface area contributed by atoms with Crippen LogP contribution in [-0.2, 0) is 0 Å². The zero-order valence-electron chi connectivity index (χ0n) is 14.3. The fraction of sp³-hybridized carbons (Fsp3) is 0.158. The van der Waals surface area contributed by atoms with Crippen LogP contribution in [-0.4, -0.2) is 30.7 Å². The van der Waals surface area contributed by atoms with Crippen LogP contribution in [0, 0.1) is 0 Å². The Morgan fingerprint density at radius 2 is 1.76 bits per heavy atom. The molecule has 2 aromatic carbocycles. The molecule has 0 aromatic heterocycles. The largest absolute Gasteiger partial charge is 0.493 e. The second-order valence-corrected chi connectivity index (χ2v) is 6.59. The number of anilines is 2. The van der Waals surface area contributed by atoms with Gasteiger partial charge in [-0.05, 0) is 48.0 Å². The average Bonchev–Trinajstić information content (AvgIpc) is 3.20. The summed E-state index contributed by atoms with van der Waals surface area (Å²) in [7, 11) is 3.30. The molecule has 128 valence electrons. The third-order valence-corrected chi connectivity index (χ3v) is 5.04. The molecule has 0 spiro atoms. The van der Waals surface area contributed by atoms with Gasteiger partial charge < -0.3 is 14.8 Å². The van der Waals surface area contributed by atoms with E-state index in [9.17, 15) is 0 Å². The van der Waals surface area contributed by atoms with Crippen LogP contribution in [0.15, 0.2) is 47.4 Å². The summed E-state index contributed by atoms with van der Waals surface area (Å²) in [4.78, 5) is 1.22. The van der Waals surface area contributed by atoms with Crippen LogP contribution in [0.3, 0.4) is 0 Å². The second kappa shape index (κ2) is 6.29. The SMILES string of the molecule is COc1cc2cc3c(Nc4cccc(SC)c4)[nH][nH]c-3c2cc1OC. The summed E-state index contributed by atoms with van der Waals surface area (Å²) in [6, 6.07) is 14.5. The molecule has 0 radical (unpaired) electrons. The van der Waals surface area contributed by atoms with E-state index >= 15 is 0 Å². The first kappa shape index (κ1) is 15.8. The Bertz CT molecular complexity index is 1010. The minimum Gasteiger partial charge on any atom is -0.493 e. The zero-order valence-corrected chi connectivity index (χ0v) is 15.1. The molecule has 0 saturated carbocycles. The molecule has 2 aromatic rings. The number of fused-ring (bicyclic) bond motifs is 3. The number of methoxy groups -OCH3 is 2. The Labute approximate surface area is 150 Å². The zero-order chi connectivity index (χ0) is 17.4. The van der Waals surface area contributed by atoms with Crippen molar-refractivity contribution in [1.29, 1.82) is 0 Å². The van der Waals surface area contributed by atoms with Gasteiger partial charge >= 0.3 is 0 Å². The van der Waals surface area contributed by atoms with Gasteiger partial charge in [0.15, 0.2) is 11.5 Å². The van der Waals surface area contributed by atoms with Crippen molar-refractivity contribution in [2.75, 3.05) is 25.8 Å². The highest BCUT2D eigenvalue weighted by Crippen LogP contribution is 2.42. The molecular formula is C19H19N3O2S. The summed E-state index contributed by atoms with van der Waals surface area (Å²) < 4.78 is 10.8. The predicted molar refractivity (Wildman–Crippen MR) is 104 cm³/mol. The number of H-pyrrole nitrogens is 2. The second-order valence-electron chi connectivity index (χ2n) is 5.71. The fourth-order valence-corrected chi connectivity index (χ4v) is 3.53. The lowest BCUT2D eigenvalue weighted by Gasteiger charge is -2.07. The quantitative estimate of drug-likeness (QED) is 0.438. The third-order valence-electron chi connectivity index (χ3n) is 4.32. The summed E-state index contributed by atoms with van der Waals surface area (Å²) in [5.74, 6) is 2.38. The van der Waals surface area contributed by atoms with E-state index in [1.807, 2.05) is 12.1 Å². The molecule has 2 aliphatic rings. The number of hydrogen-bond donors (Lipinski definition) is 3. The van der Waals surface area contributed by atoms with Crippen molar-refractivity contribution in [3.63, 3.8) is 0 Å². The summed E-state index contributed by atoms with van der Waals surface area (Å²) in [5.41, 5.74) is 3.18. The van der Waals surface area contributed by atoms with Crippen molar-refractivity contribution < 1.29 is 9.47 Å². The molecule has 3 N–H and O–H groups in total. The first-order valence-electron chi connectivity index (χ1n) is 7.89. The highest BCUT2D eigenvalue weighted by atomic mass is 32.2. The number of hydrogen-bond acceptors (Lipinski definition) is 4. The molecule has 0 fully saturated rings. The van der Waals surface area contributed by atoms with Crippen molar-refractivity contribution in [2.45, 2.75) is 4.90 Å². The van der Waals surface area contributed by atoms with Gasteiger partial charge in [-0.1, -0.05) is 6.07 Å². The maximum absolute atomic E-state index is 5.42. The number of benzene rings is 2. The molecule has 0 atom stereocenters. The van der Waals surface area contributed by atoms with E-state index in [1.165, 1.54) is 4.90 Å². The molecule has 0 unspecified atom stereocenters. The van der Waals surface area contributed by atoms with E-state index in [2.05, 4.69) is 52.1 Å². The van der Waals surface area contributed by atoms with Gasteiger partial charge in [-0.25, -0.2) is 0 Å². The highest BCUT2D eigenvalue weighted by Gasteiger charge is 2.19. The molecule has 1 aliphatic carbocycles. The standard InChI is InChI=1S/C19H19N3O2S/c1-23-16-8-11-7-15-18(14(11)10-17(16)24-2)21-22-19(15)20-12-5-4-6-13(9-12)25-3/h4-10,20-22H,1-3H3. The first-order chi connectivity index (χ1) is 12.2. The molecule has 1 heterocycles. The van der Waals surface area contributed by atoms with Gasteiger partial charge in [0.05, 0.1) is 19.9 Å². The molecule has 25 heavy (non-hydrogen) atoms. The number of aromatic amines is 2. The molecule has 4 rings (SSSR count). The van der Waals surface area contributed by atoms with E-state index in [4.69, 9.17) is 9.47 Å². The van der Waals surface area contributed by atoms with E-state index in [-0.39, 0.29) is 0 Å². The lowest BCUT2D eigenvalue weighted by molar-refractivity contribution is 0.356. The van der Waals surface area contributed by atoms with Gasteiger partial charge in [0.1, 0.15) is 5.82 Å². The van der Waals surface area contributed by atoms with Gasteiger partial charge in [0.2, 0.25) is 0 Å². The van der Waals surface area contributed by atoms with Crippen molar-refractivity contribution in [1.82, 2.24) is 10.2 Å². The Kier molecular flexibility index (Phi) is 3.97. The van der Waals surface area contributed by atoms with Crippen LogP contribution in [0.2, 0.25) is 0 Å². The Morgan fingerprint density at radius 3 is 2.52 bits per heavy atom. The van der Waals surface area contributed by atoms with E-state index in [0.717, 1.165) is 45.0 Å². The van der Waals surface area contributed by atoms with E-state index in [1.54, 1.807) is 26.0 Å². The lowest BCUT2D eigenvalue weighted by atomic mass is 10.2. The topological polar surface area (TPSA) is 62.1 Å². The van der Waals surface area contributed by atoms with Crippen molar-refractivity contribution in [2.24, 2.45) is 0 Å².